The molecule has 1 amide bonds. The number of aromatic nitrogens is 3. The van der Waals surface area contributed by atoms with E-state index >= 15 is 0 Å². The Balaban J connectivity index is 1.50. The zero-order valence-corrected chi connectivity index (χ0v) is 21.2. The van der Waals surface area contributed by atoms with Crippen molar-refractivity contribution in [2.75, 3.05) is 0 Å². The molecule has 190 valence electrons. The number of nitro groups is 1. The number of pyridine rings is 1. The summed E-state index contributed by atoms with van der Waals surface area (Å²) in [6.07, 6.45) is 4.37. The van der Waals surface area contributed by atoms with Crippen molar-refractivity contribution < 1.29 is 9.72 Å². The lowest BCUT2D eigenvalue weighted by Gasteiger charge is -2.10. The Morgan fingerprint density at radius 3 is 2.05 bits per heavy atom. The molecule has 0 aliphatic carbocycles. The summed E-state index contributed by atoms with van der Waals surface area (Å²) in [5, 5.41) is 15.9. The maximum atomic E-state index is 12.3. The van der Waals surface area contributed by atoms with Crippen molar-refractivity contribution in [3.05, 3.63) is 131 Å². The van der Waals surface area contributed by atoms with Gasteiger partial charge in [-0.1, -0.05) is 60.7 Å². The number of nitro benzene ring substituents is 1. The number of hydrogen-bond acceptors (Lipinski definition) is 8. The second kappa shape index (κ2) is 11.9. The van der Waals surface area contributed by atoms with Gasteiger partial charge in [0, 0.05) is 51.7 Å². The molecule has 0 aliphatic rings. The molecule has 0 saturated carbocycles. The van der Waals surface area contributed by atoms with E-state index in [1.54, 1.807) is 18.2 Å². The Bertz CT molecular complexity index is 1590. The summed E-state index contributed by atoms with van der Waals surface area (Å²) >= 11 is 1.25. The quantitative estimate of drug-likeness (QED) is 0.112. The van der Waals surface area contributed by atoms with Gasteiger partial charge in [0.2, 0.25) is 0 Å². The SMILES string of the molecule is O=C(N/N=C/c1cc([N+](=O)[O-])ccc1Sc1nc(-c2ccccc2)cc(-c2ccccc2)n1)c1ccncc1. The van der Waals surface area contributed by atoms with Gasteiger partial charge < -0.3 is 0 Å². The molecule has 0 bridgehead atoms. The van der Waals surface area contributed by atoms with Gasteiger partial charge in [0.25, 0.3) is 11.6 Å². The molecule has 0 radical (unpaired) electrons. The van der Waals surface area contributed by atoms with Gasteiger partial charge in [0.05, 0.1) is 22.5 Å². The highest BCUT2D eigenvalue weighted by atomic mass is 32.2. The molecule has 39 heavy (non-hydrogen) atoms. The fourth-order valence-electron chi connectivity index (χ4n) is 3.65. The van der Waals surface area contributed by atoms with Crippen molar-refractivity contribution in [1.82, 2.24) is 20.4 Å². The Labute approximate surface area is 227 Å². The van der Waals surface area contributed by atoms with Gasteiger partial charge in [-0.2, -0.15) is 5.10 Å². The predicted molar refractivity (Wildman–Crippen MR) is 149 cm³/mol. The maximum absolute atomic E-state index is 12.3. The van der Waals surface area contributed by atoms with E-state index in [9.17, 15) is 14.9 Å². The Morgan fingerprint density at radius 1 is 0.846 bits per heavy atom. The van der Waals surface area contributed by atoms with Crippen LogP contribution >= 0.6 is 11.8 Å². The zero-order chi connectivity index (χ0) is 27.0. The van der Waals surface area contributed by atoms with Crippen molar-refractivity contribution in [2.45, 2.75) is 10.1 Å². The first-order valence-electron chi connectivity index (χ1n) is 11.8. The van der Waals surface area contributed by atoms with Crippen LogP contribution in [-0.4, -0.2) is 32.0 Å². The van der Waals surface area contributed by atoms with Crippen LogP contribution in [0, 0.1) is 10.1 Å². The van der Waals surface area contributed by atoms with Gasteiger partial charge >= 0.3 is 0 Å². The number of benzene rings is 3. The fourth-order valence-corrected chi connectivity index (χ4v) is 4.50. The molecule has 9 nitrogen and oxygen atoms in total. The normalized spacial score (nSPS) is 10.9. The van der Waals surface area contributed by atoms with Gasteiger partial charge in [0.15, 0.2) is 5.16 Å². The molecule has 1 N–H and O–H groups in total. The number of hydrazone groups is 1. The van der Waals surface area contributed by atoms with E-state index in [1.807, 2.05) is 66.7 Å². The van der Waals surface area contributed by atoms with Crippen molar-refractivity contribution in [2.24, 2.45) is 5.10 Å². The van der Waals surface area contributed by atoms with Crippen LogP contribution < -0.4 is 5.43 Å². The molecule has 0 atom stereocenters. The average Bonchev–Trinajstić information content (AvgIpc) is 2.99. The molecule has 0 aliphatic heterocycles. The van der Waals surface area contributed by atoms with Gasteiger partial charge in [-0.05, 0) is 36.0 Å². The van der Waals surface area contributed by atoms with Crippen LogP contribution in [0.5, 0.6) is 0 Å². The molecule has 2 heterocycles. The number of carbonyl (C=O) groups excluding carboxylic acids is 1. The number of amides is 1. The summed E-state index contributed by atoms with van der Waals surface area (Å²) in [6, 6.07) is 29.0. The number of nitrogens with zero attached hydrogens (tertiary/aromatic N) is 5. The monoisotopic (exact) mass is 532 g/mol. The molecule has 10 heteroatoms. The van der Waals surface area contributed by atoms with Crippen molar-refractivity contribution >= 4 is 29.6 Å². The molecule has 5 aromatic rings. The van der Waals surface area contributed by atoms with E-state index in [-0.39, 0.29) is 5.69 Å². The molecule has 0 spiro atoms. The summed E-state index contributed by atoms with van der Waals surface area (Å²) in [4.78, 5) is 37.4. The lowest BCUT2D eigenvalue weighted by Crippen LogP contribution is -2.17. The van der Waals surface area contributed by atoms with Gasteiger partial charge in [-0.15, -0.1) is 0 Å². The zero-order valence-electron chi connectivity index (χ0n) is 20.3. The minimum absolute atomic E-state index is 0.106. The third-order valence-corrected chi connectivity index (χ3v) is 6.52. The second-order valence-corrected chi connectivity index (χ2v) is 9.18. The molecule has 3 aromatic carbocycles. The van der Waals surface area contributed by atoms with E-state index in [0.717, 1.165) is 22.5 Å². The van der Waals surface area contributed by atoms with Crippen LogP contribution in [0.3, 0.4) is 0 Å². The summed E-state index contributed by atoms with van der Waals surface area (Å²) in [6.45, 7) is 0. The summed E-state index contributed by atoms with van der Waals surface area (Å²) in [5.41, 5.74) is 6.50. The molecule has 2 aromatic heterocycles. The molecule has 5 rings (SSSR count). The van der Waals surface area contributed by atoms with Gasteiger partial charge in [-0.3, -0.25) is 19.9 Å². The maximum Gasteiger partial charge on any atom is 0.271 e. The van der Waals surface area contributed by atoms with E-state index < -0.39 is 10.8 Å². The second-order valence-electron chi connectivity index (χ2n) is 8.17. The van der Waals surface area contributed by atoms with Crippen LogP contribution in [0.1, 0.15) is 15.9 Å². The molecule has 0 saturated heterocycles. The highest BCUT2D eigenvalue weighted by molar-refractivity contribution is 7.99. The Kier molecular flexibility index (Phi) is 7.75. The lowest BCUT2D eigenvalue weighted by molar-refractivity contribution is -0.384. The first-order chi connectivity index (χ1) is 19.1. The molecular formula is C29H20N6O3S. The smallest absolute Gasteiger partial charge is 0.267 e. The first-order valence-corrected chi connectivity index (χ1v) is 12.6. The minimum atomic E-state index is -0.485. The highest BCUT2D eigenvalue weighted by Gasteiger charge is 2.15. The topological polar surface area (TPSA) is 123 Å². The van der Waals surface area contributed by atoms with Crippen molar-refractivity contribution in [3.8, 4) is 22.5 Å². The number of hydrogen-bond donors (Lipinski definition) is 1. The highest BCUT2D eigenvalue weighted by Crippen LogP contribution is 2.33. The van der Waals surface area contributed by atoms with E-state index in [2.05, 4.69) is 15.5 Å². The van der Waals surface area contributed by atoms with Crippen molar-refractivity contribution in [3.63, 3.8) is 0 Å². The Hall–Kier alpha value is -5.22. The number of non-ortho nitro benzene ring substituents is 1. The van der Waals surface area contributed by atoms with Gasteiger partial charge in [0.1, 0.15) is 0 Å². The number of rotatable bonds is 8. The summed E-state index contributed by atoms with van der Waals surface area (Å²) in [5.74, 6) is -0.431. The standard InChI is InChI=1S/C29H20N6O3S/c36-28(22-13-15-30-16-14-22)34-31-19-23-17-24(35(37)38)11-12-27(23)39-29-32-25(20-7-3-1-4-8-20)18-26(33-29)21-9-5-2-6-10-21/h1-19H,(H,34,36)/b31-19+. The third-order valence-electron chi connectivity index (χ3n) is 5.56. The first kappa shape index (κ1) is 25.4. The Morgan fingerprint density at radius 2 is 1.46 bits per heavy atom. The largest absolute Gasteiger partial charge is 0.271 e. The van der Waals surface area contributed by atoms with Crippen LogP contribution in [0.25, 0.3) is 22.5 Å². The van der Waals surface area contributed by atoms with Crippen LogP contribution in [0.4, 0.5) is 5.69 Å². The van der Waals surface area contributed by atoms with Gasteiger partial charge in [-0.25, -0.2) is 15.4 Å². The molecule has 0 fully saturated rings. The third kappa shape index (κ3) is 6.38. The molecule has 0 unspecified atom stereocenters. The average molecular weight is 533 g/mol. The van der Waals surface area contributed by atoms with E-state index in [4.69, 9.17) is 9.97 Å². The van der Waals surface area contributed by atoms with E-state index in [0.29, 0.717) is 21.2 Å². The number of nitrogens with one attached hydrogen (secondary N) is 1. The van der Waals surface area contributed by atoms with E-state index in [1.165, 1.54) is 42.5 Å². The number of carbonyl (C=O) groups is 1. The van der Waals surface area contributed by atoms with Crippen LogP contribution in [0.2, 0.25) is 0 Å². The molecular weight excluding hydrogens is 512 g/mol. The van der Waals surface area contributed by atoms with Crippen LogP contribution in [0.15, 0.2) is 125 Å². The van der Waals surface area contributed by atoms with Crippen molar-refractivity contribution in [1.29, 1.82) is 0 Å². The summed E-state index contributed by atoms with van der Waals surface area (Å²) < 4.78 is 0. The minimum Gasteiger partial charge on any atom is -0.267 e. The lowest BCUT2D eigenvalue weighted by atomic mass is 10.1. The summed E-state index contributed by atoms with van der Waals surface area (Å²) in [7, 11) is 0. The fraction of sp³-hybridized carbons (Fsp3) is 0. The predicted octanol–water partition coefficient (Wildman–Crippen LogP) is 6.03. The van der Waals surface area contributed by atoms with Crippen LogP contribution in [-0.2, 0) is 0 Å².